The SMILES string of the molecule is CCCCCCCCCC/C=C\CCCCCCCCCC(=O)NC(COC1OC(CO)C(O)C(OS(=O)(=O)O)C1O)C(O)CCCCCCCCCCCCCCCCCCCC. The number of allylic oxidation sites excluding steroid dienone is 2. The molecule has 1 heterocycles. The summed E-state index contributed by atoms with van der Waals surface area (Å²) >= 11 is 0. The van der Waals surface area contributed by atoms with Gasteiger partial charge in [-0.3, -0.25) is 9.35 Å². The van der Waals surface area contributed by atoms with Crippen LogP contribution in [0.3, 0.4) is 0 Å². The molecule has 13 heteroatoms. The highest BCUT2D eigenvalue weighted by atomic mass is 32.3. The first-order valence-corrected chi connectivity index (χ1v) is 27.9. The molecule has 64 heavy (non-hydrogen) atoms. The first kappa shape index (κ1) is 60.9. The van der Waals surface area contributed by atoms with E-state index in [4.69, 9.17) is 9.47 Å². The second-order valence-corrected chi connectivity index (χ2v) is 19.9. The third-order valence-electron chi connectivity index (χ3n) is 12.8. The summed E-state index contributed by atoms with van der Waals surface area (Å²) in [5.74, 6) is -0.231. The average Bonchev–Trinajstić information content (AvgIpc) is 3.27. The van der Waals surface area contributed by atoms with Crippen LogP contribution in [0.5, 0.6) is 0 Å². The minimum absolute atomic E-state index is 0.231. The summed E-state index contributed by atoms with van der Waals surface area (Å²) in [4.78, 5) is 13.1. The molecule has 0 aromatic rings. The van der Waals surface area contributed by atoms with Crippen molar-refractivity contribution in [3.63, 3.8) is 0 Å². The number of carbonyl (C=O) groups excluding carboxylic acids is 1. The molecule has 1 aliphatic rings. The molecule has 0 aliphatic carbocycles. The molecule has 1 fully saturated rings. The molecule has 0 spiro atoms. The number of carbonyl (C=O) groups is 1. The van der Waals surface area contributed by atoms with Gasteiger partial charge in [0.1, 0.15) is 24.4 Å². The second-order valence-electron chi connectivity index (χ2n) is 18.8. The molecule has 12 nitrogen and oxygen atoms in total. The Morgan fingerprint density at radius 1 is 0.609 bits per heavy atom. The van der Waals surface area contributed by atoms with Crippen LogP contribution >= 0.6 is 0 Å². The van der Waals surface area contributed by atoms with E-state index in [1.807, 2.05) is 0 Å². The predicted molar refractivity (Wildman–Crippen MR) is 259 cm³/mol. The van der Waals surface area contributed by atoms with E-state index in [-0.39, 0.29) is 18.9 Å². The second kappa shape index (κ2) is 42.0. The highest BCUT2D eigenvalue weighted by molar-refractivity contribution is 7.80. The first-order chi connectivity index (χ1) is 31.0. The minimum Gasteiger partial charge on any atom is -0.394 e. The molecule has 1 amide bonds. The Morgan fingerprint density at radius 3 is 1.41 bits per heavy atom. The van der Waals surface area contributed by atoms with Gasteiger partial charge in [-0.2, -0.15) is 8.42 Å². The fraction of sp³-hybridized carbons (Fsp3) is 0.941. The van der Waals surface area contributed by atoms with Gasteiger partial charge in [-0.1, -0.05) is 219 Å². The Bertz CT molecular complexity index is 1190. The number of hydrogen-bond acceptors (Lipinski definition) is 10. The lowest BCUT2D eigenvalue weighted by atomic mass is 9.99. The van der Waals surface area contributed by atoms with Gasteiger partial charge in [-0.15, -0.1) is 0 Å². The molecule has 0 saturated carbocycles. The van der Waals surface area contributed by atoms with Crippen molar-refractivity contribution in [3.05, 3.63) is 12.2 Å². The summed E-state index contributed by atoms with van der Waals surface area (Å²) in [6, 6.07) is -0.858. The van der Waals surface area contributed by atoms with Crippen molar-refractivity contribution in [1.29, 1.82) is 0 Å². The lowest BCUT2D eigenvalue weighted by Gasteiger charge is -2.41. The summed E-state index contributed by atoms with van der Waals surface area (Å²) in [7, 11) is -5.08. The maximum atomic E-state index is 13.1. The standard InChI is InChI=1S/C51H99NO11S/c1-3-5-7-9-11-13-15-17-19-21-23-25-27-29-31-33-35-37-39-41-47(55)52-44(43-61-51-49(57)50(63-64(58,59)60)48(56)46(42-53)62-51)45(54)40-38-36-34-32-30-28-26-24-22-20-18-16-14-12-10-8-6-4-2/h21,23,44-46,48-51,53-54,56-57H,3-20,22,24-43H2,1-2H3,(H,52,55)(H,58,59,60)/b23-21-. The maximum absolute atomic E-state index is 13.1. The Kier molecular flexibility index (Phi) is 39.9. The molecule has 1 aliphatic heterocycles. The maximum Gasteiger partial charge on any atom is 0.397 e. The Hall–Kier alpha value is -1.16. The Balaban J connectivity index is 2.42. The molecule has 7 unspecified atom stereocenters. The Morgan fingerprint density at radius 2 is 1.00 bits per heavy atom. The van der Waals surface area contributed by atoms with Gasteiger partial charge in [-0.25, -0.2) is 4.18 Å². The molecule has 7 atom stereocenters. The van der Waals surface area contributed by atoms with Crippen LogP contribution in [0.15, 0.2) is 12.2 Å². The largest absolute Gasteiger partial charge is 0.397 e. The van der Waals surface area contributed by atoms with Crippen LogP contribution in [0, 0.1) is 0 Å². The molecular formula is C51H99NO11S. The van der Waals surface area contributed by atoms with Crippen LogP contribution in [0.2, 0.25) is 0 Å². The van der Waals surface area contributed by atoms with Crippen LogP contribution in [-0.4, -0.2) is 95.4 Å². The number of amides is 1. The van der Waals surface area contributed by atoms with Gasteiger partial charge in [-0.05, 0) is 38.5 Å². The third kappa shape index (κ3) is 34.2. The first-order valence-electron chi connectivity index (χ1n) is 26.6. The van der Waals surface area contributed by atoms with E-state index in [9.17, 15) is 38.2 Å². The lowest BCUT2D eigenvalue weighted by Crippen LogP contribution is -2.61. The van der Waals surface area contributed by atoms with Crippen LogP contribution < -0.4 is 5.32 Å². The van der Waals surface area contributed by atoms with E-state index in [0.29, 0.717) is 12.8 Å². The topological polar surface area (TPSA) is 192 Å². The molecule has 0 aromatic heterocycles. The highest BCUT2D eigenvalue weighted by Gasteiger charge is 2.48. The van der Waals surface area contributed by atoms with Crippen molar-refractivity contribution < 1.29 is 51.8 Å². The van der Waals surface area contributed by atoms with Crippen LogP contribution in [0.1, 0.15) is 251 Å². The van der Waals surface area contributed by atoms with E-state index in [1.54, 1.807) is 0 Å². The quantitative estimate of drug-likeness (QED) is 0.0193. The van der Waals surface area contributed by atoms with E-state index < -0.39 is 59.9 Å². The van der Waals surface area contributed by atoms with Gasteiger partial charge < -0.3 is 35.2 Å². The summed E-state index contributed by atoms with van der Waals surface area (Å²) in [5.41, 5.74) is 0. The zero-order valence-corrected chi connectivity index (χ0v) is 41.7. The van der Waals surface area contributed by atoms with Crippen LogP contribution in [0.4, 0.5) is 0 Å². The highest BCUT2D eigenvalue weighted by Crippen LogP contribution is 2.26. The van der Waals surface area contributed by atoms with Crippen molar-refractivity contribution in [2.45, 2.75) is 294 Å². The molecule has 1 rings (SSSR count). The van der Waals surface area contributed by atoms with E-state index in [0.717, 1.165) is 51.4 Å². The third-order valence-corrected chi connectivity index (χ3v) is 13.3. The van der Waals surface area contributed by atoms with Gasteiger partial charge in [0, 0.05) is 6.42 Å². The zero-order chi connectivity index (χ0) is 46.9. The number of nitrogens with one attached hydrogen (secondary N) is 1. The summed E-state index contributed by atoms with van der Waals surface area (Å²) in [5, 5.41) is 45.0. The van der Waals surface area contributed by atoms with Crippen LogP contribution in [0.25, 0.3) is 0 Å². The van der Waals surface area contributed by atoms with Gasteiger partial charge >= 0.3 is 10.4 Å². The minimum atomic E-state index is -5.08. The van der Waals surface area contributed by atoms with E-state index in [1.165, 1.54) is 167 Å². The Labute approximate surface area is 391 Å². The van der Waals surface area contributed by atoms with Gasteiger partial charge in [0.2, 0.25) is 5.91 Å². The van der Waals surface area contributed by atoms with E-state index >= 15 is 0 Å². The molecule has 380 valence electrons. The number of aliphatic hydroxyl groups is 4. The van der Waals surface area contributed by atoms with Gasteiger partial charge in [0.05, 0.1) is 25.4 Å². The summed E-state index contributed by atoms with van der Waals surface area (Å²) in [6.45, 7) is 3.47. The number of unbranched alkanes of at least 4 members (excludes halogenated alkanes) is 32. The van der Waals surface area contributed by atoms with Crippen molar-refractivity contribution in [3.8, 4) is 0 Å². The van der Waals surface area contributed by atoms with Crippen molar-refractivity contribution in [1.82, 2.24) is 5.32 Å². The van der Waals surface area contributed by atoms with Gasteiger partial charge in [0.15, 0.2) is 6.29 Å². The molecule has 1 saturated heterocycles. The normalized spacial score (nSPS) is 20.3. The average molecular weight is 934 g/mol. The monoisotopic (exact) mass is 934 g/mol. The number of aliphatic hydroxyl groups excluding tert-OH is 4. The smallest absolute Gasteiger partial charge is 0.394 e. The van der Waals surface area contributed by atoms with Crippen molar-refractivity contribution in [2.75, 3.05) is 13.2 Å². The fourth-order valence-corrected chi connectivity index (χ4v) is 9.20. The number of hydrogen-bond donors (Lipinski definition) is 6. The summed E-state index contributed by atoms with van der Waals surface area (Å²) < 4.78 is 47.8. The van der Waals surface area contributed by atoms with Crippen molar-refractivity contribution >= 4 is 16.3 Å². The molecule has 0 aromatic carbocycles. The molecule has 0 radical (unpaired) electrons. The van der Waals surface area contributed by atoms with Gasteiger partial charge in [0.25, 0.3) is 0 Å². The zero-order valence-electron chi connectivity index (χ0n) is 40.9. The molecular weight excluding hydrogens is 835 g/mol. The molecule has 0 bridgehead atoms. The molecule has 6 N–H and O–H groups in total. The lowest BCUT2D eigenvalue weighted by molar-refractivity contribution is -0.298. The number of rotatable bonds is 46. The van der Waals surface area contributed by atoms with E-state index in [2.05, 4.69) is 35.5 Å². The van der Waals surface area contributed by atoms with Crippen molar-refractivity contribution in [2.24, 2.45) is 0 Å². The summed E-state index contributed by atoms with van der Waals surface area (Å²) in [6.07, 6.45) is 39.2. The van der Waals surface area contributed by atoms with Crippen LogP contribution in [-0.2, 0) is 28.9 Å². The fourth-order valence-electron chi connectivity index (χ4n) is 8.69. The predicted octanol–water partition coefficient (Wildman–Crippen LogP) is 11.5. The number of ether oxygens (including phenoxy) is 2.